The third-order valence-corrected chi connectivity index (χ3v) is 7.35. The van der Waals surface area contributed by atoms with Crippen molar-refractivity contribution in [2.75, 3.05) is 6.61 Å². The van der Waals surface area contributed by atoms with Gasteiger partial charge in [-0.2, -0.15) is 0 Å². The molecule has 4 aromatic rings. The fraction of sp³-hybridized carbons (Fsp3) is 0.156. The van der Waals surface area contributed by atoms with E-state index in [4.69, 9.17) is 19.0 Å². The van der Waals surface area contributed by atoms with Crippen LogP contribution in [0.15, 0.2) is 121 Å². The third-order valence-electron chi connectivity index (χ3n) is 6.18. The first-order chi connectivity index (χ1) is 20.1. The normalized spacial score (nSPS) is 18.4. The van der Waals surface area contributed by atoms with Crippen LogP contribution in [0.1, 0.15) is 36.6 Å². The van der Waals surface area contributed by atoms with E-state index in [1.807, 2.05) is 30.3 Å². The third kappa shape index (κ3) is 7.40. The van der Waals surface area contributed by atoms with E-state index in [1.54, 1.807) is 91.0 Å². The molecule has 1 heterocycles. The van der Waals surface area contributed by atoms with Crippen LogP contribution in [0, 0.1) is 0 Å². The average Bonchev–Trinajstić information content (AvgIpc) is 3.35. The summed E-state index contributed by atoms with van der Waals surface area (Å²) in [5.41, 5.74) is 1.95. The molecule has 0 spiro atoms. The molecule has 1 fully saturated rings. The van der Waals surface area contributed by atoms with Crippen LogP contribution >= 0.6 is 11.9 Å². The maximum atomic E-state index is 13.2. The molecule has 1 saturated heterocycles. The van der Waals surface area contributed by atoms with E-state index in [2.05, 4.69) is 0 Å². The highest BCUT2D eigenvalue weighted by atomic mass is 32.2. The Morgan fingerprint density at radius 3 is 1.68 bits per heavy atom. The topological polar surface area (TPSA) is 91.4 Å². The highest BCUT2D eigenvalue weighted by Crippen LogP contribution is 2.38. The minimum Gasteiger partial charge on any atom is -0.461 e. The Bertz CT molecular complexity index is 1440. The van der Waals surface area contributed by atoms with Gasteiger partial charge in [-0.3, -0.25) is 0 Å². The zero-order valence-corrected chi connectivity index (χ0v) is 22.7. The van der Waals surface area contributed by atoms with E-state index < -0.39 is 35.5 Å². The maximum Gasteiger partial charge on any atom is 0.357 e. The predicted molar refractivity (Wildman–Crippen MR) is 152 cm³/mol. The number of ether oxygens (including phenoxy) is 3. The summed E-state index contributed by atoms with van der Waals surface area (Å²) in [6.07, 6.45) is -1.95. The number of carbonyl (C=O) groups is 3. The van der Waals surface area contributed by atoms with E-state index >= 15 is 0 Å². The summed E-state index contributed by atoms with van der Waals surface area (Å²) >= 11 is 1.07. The molecule has 0 amide bonds. The lowest BCUT2D eigenvalue weighted by Crippen LogP contribution is -2.42. The van der Waals surface area contributed by atoms with Gasteiger partial charge in [0.15, 0.2) is 12.3 Å². The Hall–Kier alpha value is -4.44. The molecule has 0 N–H and O–H groups in total. The highest BCUT2D eigenvalue weighted by molar-refractivity contribution is 7.97. The summed E-state index contributed by atoms with van der Waals surface area (Å²) < 4.78 is 19.1. The van der Waals surface area contributed by atoms with Crippen LogP contribution < -0.4 is 0 Å². The molecule has 4 aromatic carbocycles. The molecule has 9 heteroatoms. The molecule has 5 rings (SSSR count). The van der Waals surface area contributed by atoms with Gasteiger partial charge < -0.3 is 19.0 Å². The number of benzene rings is 4. The van der Waals surface area contributed by atoms with E-state index in [0.717, 1.165) is 17.5 Å². The fourth-order valence-corrected chi connectivity index (χ4v) is 5.21. The van der Waals surface area contributed by atoms with E-state index in [9.17, 15) is 14.4 Å². The number of hydrogen-bond donors (Lipinski definition) is 0. The Balaban J connectivity index is 1.40. The summed E-state index contributed by atoms with van der Waals surface area (Å²) in [5, 5.41) is -0.639. The van der Waals surface area contributed by atoms with Crippen molar-refractivity contribution in [1.82, 2.24) is 4.47 Å². The average molecular weight is 570 g/mol. The lowest BCUT2D eigenvalue weighted by molar-refractivity contribution is -0.182. The Morgan fingerprint density at radius 2 is 1.12 bits per heavy atom. The molecule has 0 radical (unpaired) electrons. The van der Waals surface area contributed by atoms with Crippen molar-refractivity contribution in [3.05, 3.63) is 144 Å². The molecule has 3 atom stereocenters. The first kappa shape index (κ1) is 28.1. The maximum absolute atomic E-state index is 13.2. The van der Waals surface area contributed by atoms with Crippen LogP contribution in [0.2, 0.25) is 0 Å². The molecule has 0 aromatic heterocycles. The van der Waals surface area contributed by atoms with Gasteiger partial charge in [-0.25, -0.2) is 14.4 Å². The quantitative estimate of drug-likeness (QED) is 0.176. The Kier molecular flexibility index (Phi) is 9.43. The summed E-state index contributed by atoms with van der Waals surface area (Å²) in [6, 6.07) is 35.1. The van der Waals surface area contributed by atoms with Gasteiger partial charge in [-0.05, 0) is 58.4 Å². The fourth-order valence-electron chi connectivity index (χ4n) is 4.09. The zero-order valence-electron chi connectivity index (χ0n) is 21.9. The molecular formula is C32H27NO7S. The van der Waals surface area contributed by atoms with Crippen LogP contribution in [-0.4, -0.2) is 46.6 Å². The van der Waals surface area contributed by atoms with Gasteiger partial charge in [0, 0.05) is 0 Å². The zero-order chi connectivity index (χ0) is 28.4. The van der Waals surface area contributed by atoms with Gasteiger partial charge >= 0.3 is 17.9 Å². The van der Waals surface area contributed by atoms with Crippen molar-refractivity contribution in [2.45, 2.75) is 24.2 Å². The minimum atomic E-state index is -0.999. The molecule has 1 aliphatic rings. The lowest BCUT2D eigenvalue weighted by Gasteiger charge is -2.26. The second-order valence-corrected chi connectivity index (χ2v) is 10.2. The van der Waals surface area contributed by atoms with Crippen LogP contribution in [0.25, 0.3) is 0 Å². The van der Waals surface area contributed by atoms with Crippen molar-refractivity contribution < 1.29 is 33.4 Å². The highest BCUT2D eigenvalue weighted by Gasteiger charge is 2.49. The van der Waals surface area contributed by atoms with Crippen molar-refractivity contribution >= 4 is 29.9 Å². The van der Waals surface area contributed by atoms with Crippen molar-refractivity contribution in [3.63, 3.8) is 0 Å². The Morgan fingerprint density at radius 1 is 0.634 bits per heavy atom. The van der Waals surface area contributed by atoms with Gasteiger partial charge in [-0.1, -0.05) is 84.9 Å². The molecular weight excluding hydrogens is 542 g/mol. The van der Waals surface area contributed by atoms with Gasteiger partial charge in [0.2, 0.25) is 0 Å². The molecule has 208 valence electrons. The molecule has 0 unspecified atom stereocenters. The van der Waals surface area contributed by atoms with E-state index in [0.29, 0.717) is 16.7 Å². The lowest BCUT2D eigenvalue weighted by atomic mass is 10.2. The molecule has 0 saturated carbocycles. The molecule has 1 aliphatic heterocycles. The number of nitrogens with zero attached hydrogens (tertiary/aromatic N) is 1. The summed E-state index contributed by atoms with van der Waals surface area (Å²) in [7, 11) is 0. The van der Waals surface area contributed by atoms with Gasteiger partial charge in [0.05, 0.1) is 28.5 Å². The second-order valence-electron chi connectivity index (χ2n) is 9.06. The standard InChI is InChI=1S/C32H27NO7S/c34-30(24-15-7-2-8-16-24)38-22-27-28(39-31(35)25-17-9-3-10-18-25)29(37-21-23-13-5-1-6-14-23)33(41-27)40-32(36)26-19-11-4-12-20-26/h1-20,27-29H,21-22H2/t27-,28+,29+/m1/s1. The summed E-state index contributed by atoms with van der Waals surface area (Å²) in [5.74, 6) is -1.72. The molecule has 0 aliphatic carbocycles. The minimum absolute atomic E-state index is 0.129. The first-order valence-electron chi connectivity index (χ1n) is 13.0. The summed E-state index contributed by atoms with van der Waals surface area (Å²) in [4.78, 5) is 44.6. The monoisotopic (exact) mass is 569 g/mol. The van der Waals surface area contributed by atoms with Crippen molar-refractivity contribution in [2.24, 2.45) is 0 Å². The smallest absolute Gasteiger partial charge is 0.357 e. The SMILES string of the molecule is O=C(OC[C@H]1SN(OC(=O)c2ccccc2)[C@@H](OCc2ccccc2)[C@H]1OC(=O)c1ccccc1)c1ccccc1. The van der Waals surface area contributed by atoms with Gasteiger partial charge in [0.25, 0.3) is 0 Å². The number of rotatable bonds is 10. The van der Waals surface area contributed by atoms with Crippen LogP contribution in [0.5, 0.6) is 0 Å². The van der Waals surface area contributed by atoms with Gasteiger partial charge in [0.1, 0.15) is 6.61 Å². The van der Waals surface area contributed by atoms with Crippen LogP contribution in [-0.2, 0) is 25.7 Å². The Labute approximate surface area is 241 Å². The van der Waals surface area contributed by atoms with Crippen molar-refractivity contribution in [3.8, 4) is 0 Å². The first-order valence-corrected chi connectivity index (χ1v) is 13.8. The number of carbonyl (C=O) groups excluding carboxylic acids is 3. The largest absolute Gasteiger partial charge is 0.461 e. The van der Waals surface area contributed by atoms with E-state index in [-0.39, 0.29) is 13.2 Å². The second kappa shape index (κ2) is 13.8. The number of hydrogen-bond acceptors (Lipinski definition) is 9. The number of hydroxylamine groups is 1. The van der Waals surface area contributed by atoms with Crippen molar-refractivity contribution in [1.29, 1.82) is 0 Å². The predicted octanol–water partition coefficient (Wildman–Crippen LogP) is 5.72. The van der Waals surface area contributed by atoms with Crippen LogP contribution in [0.4, 0.5) is 0 Å². The number of esters is 2. The molecule has 41 heavy (non-hydrogen) atoms. The summed E-state index contributed by atoms with van der Waals surface area (Å²) in [6.45, 7) is 0.0249. The van der Waals surface area contributed by atoms with E-state index in [1.165, 1.54) is 4.47 Å². The molecule has 0 bridgehead atoms. The molecule has 8 nitrogen and oxygen atoms in total. The van der Waals surface area contributed by atoms with Gasteiger partial charge in [-0.15, -0.1) is 0 Å². The van der Waals surface area contributed by atoms with Crippen LogP contribution in [0.3, 0.4) is 0 Å².